The molecule has 94 valence electrons. The van der Waals surface area contributed by atoms with Gasteiger partial charge >= 0.3 is 0 Å². The van der Waals surface area contributed by atoms with Gasteiger partial charge in [-0.1, -0.05) is 12.1 Å². The van der Waals surface area contributed by atoms with E-state index in [1.807, 2.05) is 6.92 Å². The summed E-state index contributed by atoms with van der Waals surface area (Å²) in [6.07, 6.45) is 1.85. The van der Waals surface area contributed by atoms with Crippen molar-refractivity contribution in [3.05, 3.63) is 29.3 Å². The molecular formula is C14H22N2O. The smallest absolute Gasteiger partial charge is 0.0611 e. The van der Waals surface area contributed by atoms with E-state index in [0.717, 1.165) is 25.9 Å². The van der Waals surface area contributed by atoms with Crippen LogP contribution >= 0.6 is 0 Å². The molecule has 2 rings (SSSR count). The summed E-state index contributed by atoms with van der Waals surface area (Å²) in [5.74, 6) is 0. The Morgan fingerprint density at radius 2 is 2.24 bits per heavy atom. The van der Waals surface area contributed by atoms with Gasteiger partial charge in [0.2, 0.25) is 0 Å². The predicted octanol–water partition coefficient (Wildman–Crippen LogP) is 1.32. The summed E-state index contributed by atoms with van der Waals surface area (Å²) in [4.78, 5) is 2.40. The number of rotatable bonds is 4. The van der Waals surface area contributed by atoms with Crippen LogP contribution in [0.25, 0.3) is 0 Å². The number of aliphatic hydroxyl groups excluding tert-OH is 1. The van der Waals surface area contributed by atoms with E-state index in [-0.39, 0.29) is 6.61 Å². The van der Waals surface area contributed by atoms with Crippen LogP contribution in [0.1, 0.15) is 25.0 Å². The van der Waals surface area contributed by atoms with E-state index in [4.69, 9.17) is 5.73 Å². The van der Waals surface area contributed by atoms with Crippen molar-refractivity contribution in [3.63, 3.8) is 0 Å². The molecule has 1 aliphatic heterocycles. The zero-order chi connectivity index (χ0) is 12.5. The Balaban J connectivity index is 2.18. The number of hydrogen-bond acceptors (Lipinski definition) is 3. The second-order valence-electron chi connectivity index (χ2n) is 5.28. The minimum Gasteiger partial charge on any atom is -0.394 e. The van der Waals surface area contributed by atoms with E-state index in [0.29, 0.717) is 0 Å². The second kappa shape index (κ2) is 4.67. The molecule has 0 bridgehead atoms. The quantitative estimate of drug-likeness (QED) is 0.826. The van der Waals surface area contributed by atoms with Gasteiger partial charge in [0, 0.05) is 24.3 Å². The molecule has 1 unspecified atom stereocenters. The Labute approximate surface area is 103 Å². The fourth-order valence-corrected chi connectivity index (χ4v) is 2.48. The van der Waals surface area contributed by atoms with Gasteiger partial charge in [0.15, 0.2) is 0 Å². The van der Waals surface area contributed by atoms with Gasteiger partial charge in [0.05, 0.1) is 6.61 Å². The molecule has 0 aliphatic carbocycles. The first-order valence-electron chi connectivity index (χ1n) is 6.32. The van der Waals surface area contributed by atoms with E-state index in [2.05, 4.69) is 30.0 Å². The molecule has 0 saturated heterocycles. The maximum absolute atomic E-state index is 9.20. The number of benzene rings is 1. The lowest BCUT2D eigenvalue weighted by Gasteiger charge is -2.22. The highest BCUT2D eigenvalue weighted by atomic mass is 16.3. The van der Waals surface area contributed by atoms with Crippen molar-refractivity contribution in [2.75, 3.05) is 24.6 Å². The van der Waals surface area contributed by atoms with Gasteiger partial charge in [-0.25, -0.2) is 0 Å². The molecule has 1 heterocycles. The Hall–Kier alpha value is -1.06. The normalized spacial score (nSPS) is 18.0. The van der Waals surface area contributed by atoms with Gasteiger partial charge in [-0.2, -0.15) is 0 Å². The van der Waals surface area contributed by atoms with E-state index in [1.54, 1.807) is 0 Å². The number of nitrogens with two attached hydrogens (primary N) is 1. The maximum Gasteiger partial charge on any atom is 0.0611 e. The van der Waals surface area contributed by atoms with Crippen LogP contribution in [0.2, 0.25) is 0 Å². The lowest BCUT2D eigenvalue weighted by Crippen LogP contribution is -2.42. The van der Waals surface area contributed by atoms with Gasteiger partial charge in [0.25, 0.3) is 0 Å². The van der Waals surface area contributed by atoms with Crippen LogP contribution in [0.4, 0.5) is 5.69 Å². The maximum atomic E-state index is 9.20. The number of anilines is 1. The second-order valence-corrected chi connectivity index (χ2v) is 5.28. The van der Waals surface area contributed by atoms with Crippen LogP contribution < -0.4 is 10.6 Å². The summed E-state index contributed by atoms with van der Waals surface area (Å²) in [6.45, 7) is 6.28. The highest BCUT2D eigenvalue weighted by Gasteiger charge is 2.21. The van der Waals surface area contributed by atoms with Crippen LogP contribution in [0, 0.1) is 0 Å². The van der Waals surface area contributed by atoms with E-state index >= 15 is 0 Å². The van der Waals surface area contributed by atoms with Crippen molar-refractivity contribution in [1.29, 1.82) is 0 Å². The highest BCUT2D eigenvalue weighted by molar-refractivity contribution is 5.59. The van der Waals surface area contributed by atoms with E-state index < -0.39 is 5.54 Å². The summed E-state index contributed by atoms with van der Waals surface area (Å²) < 4.78 is 0. The third-order valence-corrected chi connectivity index (χ3v) is 3.49. The molecule has 3 heteroatoms. The molecule has 0 saturated carbocycles. The average molecular weight is 234 g/mol. The molecule has 0 aromatic heterocycles. The first kappa shape index (κ1) is 12.4. The summed E-state index contributed by atoms with van der Waals surface area (Å²) in [6, 6.07) is 6.56. The number of hydrogen-bond donors (Lipinski definition) is 2. The minimum absolute atomic E-state index is 0.0190. The van der Waals surface area contributed by atoms with Gasteiger partial charge in [-0.15, -0.1) is 0 Å². The molecule has 1 aromatic rings. The first-order chi connectivity index (χ1) is 8.05. The van der Waals surface area contributed by atoms with E-state index in [9.17, 15) is 5.11 Å². The van der Waals surface area contributed by atoms with Gasteiger partial charge in [0.1, 0.15) is 0 Å². The zero-order valence-electron chi connectivity index (χ0n) is 10.7. The highest BCUT2D eigenvalue weighted by Crippen LogP contribution is 2.29. The number of likely N-dealkylation sites (N-methyl/N-ethyl adjacent to an activating group) is 1. The molecule has 1 aliphatic rings. The molecule has 1 aromatic carbocycles. The summed E-state index contributed by atoms with van der Waals surface area (Å²) in [5, 5.41) is 9.20. The topological polar surface area (TPSA) is 49.5 Å². The third kappa shape index (κ3) is 2.61. The Bertz CT molecular complexity index is 401. The van der Waals surface area contributed by atoms with Crippen molar-refractivity contribution in [3.8, 4) is 0 Å². The summed E-state index contributed by atoms with van der Waals surface area (Å²) in [7, 11) is 0. The lowest BCUT2D eigenvalue weighted by atomic mass is 9.93. The van der Waals surface area contributed by atoms with Crippen molar-refractivity contribution in [1.82, 2.24) is 0 Å². The number of aliphatic hydroxyl groups is 1. The first-order valence-corrected chi connectivity index (χ1v) is 6.32. The molecule has 0 amide bonds. The van der Waals surface area contributed by atoms with Crippen molar-refractivity contribution < 1.29 is 5.11 Å². The van der Waals surface area contributed by atoms with Gasteiger partial charge < -0.3 is 15.7 Å². The molecule has 1 atom stereocenters. The zero-order valence-corrected chi connectivity index (χ0v) is 10.7. The monoisotopic (exact) mass is 234 g/mol. The molecule has 3 N–H and O–H groups in total. The lowest BCUT2D eigenvalue weighted by molar-refractivity contribution is 0.208. The van der Waals surface area contributed by atoms with Crippen LogP contribution in [0.15, 0.2) is 18.2 Å². The third-order valence-electron chi connectivity index (χ3n) is 3.49. The fraction of sp³-hybridized carbons (Fsp3) is 0.571. The predicted molar refractivity (Wildman–Crippen MR) is 71.4 cm³/mol. The minimum atomic E-state index is -0.517. The van der Waals surface area contributed by atoms with Crippen LogP contribution in [-0.4, -0.2) is 30.3 Å². The SMILES string of the molecule is CCN1CCc2cc(CC(C)(N)CO)ccc21. The molecule has 0 radical (unpaired) electrons. The molecular weight excluding hydrogens is 212 g/mol. The van der Waals surface area contributed by atoms with Crippen molar-refractivity contribution in [2.45, 2.75) is 32.2 Å². The number of nitrogens with zero attached hydrogens (tertiary/aromatic N) is 1. The Morgan fingerprint density at radius 3 is 2.88 bits per heavy atom. The van der Waals surface area contributed by atoms with Crippen molar-refractivity contribution >= 4 is 5.69 Å². The van der Waals surface area contributed by atoms with Crippen LogP contribution in [0.3, 0.4) is 0 Å². The Kier molecular flexibility index (Phi) is 3.40. The van der Waals surface area contributed by atoms with Gasteiger partial charge in [-0.3, -0.25) is 0 Å². The summed E-state index contributed by atoms with van der Waals surface area (Å²) in [5.41, 5.74) is 9.47. The van der Waals surface area contributed by atoms with Crippen molar-refractivity contribution in [2.24, 2.45) is 5.73 Å². The molecule has 0 fully saturated rings. The largest absolute Gasteiger partial charge is 0.394 e. The molecule has 0 spiro atoms. The fourth-order valence-electron chi connectivity index (χ4n) is 2.48. The molecule has 17 heavy (non-hydrogen) atoms. The molecule has 3 nitrogen and oxygen atoms in total. The summed E-state index contributed by atoms with van der Waals surface area (Å²) >= 11 is 0. The average Bonchev–Trinajstić information content (AvgIpc) is 2.70. The van der Waals surface area contributed by atoms with E-state index in [1.165, 1.54) is 16.8 Å². The Morgan fingerprint density at radius 1 is 1.47 bits per heavy atom. The number of fused-ring (bicyclic) bond motifs is 1. The standard InChI is InChI=1S/C14H22N2O/c1-3-16-7-6-12-8-11(4-5-13(12)16)9-14(2,15)10-17/h4-5,8,17H,3,6-7,9-10,15H2,1-2H3. The van der Waals surface area contributed by atoms with Gasteiger partial charge in [-0.05, 0) is 43.9 Å². The van der Waals surface area contributed by atoms with Crippen LogP contribution in [-0.2, 0) is 12.8 Å². The van der Waals surface area contributed by atoms with Crippen LogP contribution in [0.5, 0.6) is 0 Å².